The second-order valence-electron chi connectivity index (χ2n) is 21.1. The zero-order valence-corrected chi connectivity index (χ0v) is 44.6. The van der Waals surface area contributed by atoms with E-state index in [-0.39, 0.29) is 0 Å². The van der Waals surface area contributed by atoms with Gasteiger partial charge in [-0.2, -0.15) is 0 Å². The maximum absolute atomic E-state index is 2.52. The molecule has 380 valence electrons. The molecular formula is C79H54N2. The fourth-order valence-electron chi connectivity index (χ4n) is 13.1. The van der Waals surface area contributed by atoms with Crippen LogP contribution in [-0.2, 0) is 5.41 Å². The van der Waals surface area contributed by atoms with E-state index in [1.807, 2.05) is 0 Å². The summed E-state index contributed by atoms with van der Waals surface area (Å²) in [6.07, 6.45) is 0. The van der Waals surface area contributed by atoms with Gasteiger partial charge in [-0.25, -0.2) is 0 Å². The Morgan fingerprint density at radius 3 is 1.04 bits per heavy atom. The molecule has 0 bridgehead atoms. The molecule has 1 unspecified atom stereocenters. The Morgan fingerprint density at radius 1 is 0.185 bits per heavy atom. The van der Waals surface area contributed by atoms with Gasteiger partial charge >= 0.3 is 0 Å². The molecule has 0 N–H and O–H groups in total. The van der Waals surface area contributed by atoms with Crippen molar-refractivity contribution < 1.29 is 0 Å². The van der Waals surface area contributed by atoms with Crippen LogP contribution in [0.3, 0.4) is 0 Å². The van der Waals surface area contributed by atoms with Crippen LogP contribution >= 0.6 is 0 Å². The second-order valence-corrected chi connectivity index (χ2v) is 21.1. The maximum Gasteiger partial charge on any atom is 0.0731 e. The highest BCUT2D eigenvalue weighted by molar-refractivity contribution is 6.03. The van der Waals surface area contributed by atoms with Gasteiger partial charge in [0.25, 0.3) is 0 Å². The van der Waals surface area contributed by atoms with Crippen molar-refractivity contribution in [3.8, 4) is 77.9 Å². The Hall–Kier alpha value is -10.5. The summed E-state index contributed by atoms with van der Waals surface area (Å²) >= 11 is 0. The van der Waals surface area contributed by atoms with Crippen LogP contribution in [0.25, 0.3) is 77.9 Å². The van der Waals surface area contributed by atoms with Crippen LogP contribution in [0.1, 0.15) is 22.3 Å². The lowest BCUT2D eigenvalue weighted by Crippen LogP contribution is -2.26. The molecule has 0 aliphatic heterocycles. The van der Waals surface area contributed by atoms with Gasteiger partial charge in [-0.05, 0) is 179 Å². The molecule has 0 saturated heterocycles. The van der Waals surface area contributed by atoms with Crippen molar-refractivity contribution in [3.05, 3.63) is 350 Å². The van der Waals surface area contributed by atoms with E-state index in [2.05, 4.69) is 337 Å². The van der Waals surface area contributed by atoms with E-state index in [0.29, 0.717) is 0 Å². The maximum atomic E-state index is 2.52. The number of fused-ring (bicyclic) bond motifs is 10. The third-order valence-corrected chi connectivity index (χ3v) is 16.7. The van der Waals surface area contributed by atoms with E-state index >= 15 is 0 Å². The molecule has 2 nitrogen and oxygen atoms in total. The van der Waals surface area contributed by atoms with E-state index < -0.39 is 5.41 Å². The van der Waals surface area contributed by atoms with Crippen molar-refractivity contribution in [1.29, 1.82) is 0 Å². The fourth-order valence-corrected chi connectivity index (χ4v) is 13.1. The summed E-state index contributed by atoms with van der Waals surface area (Å²) in [6, 6.07) is 120. The van der Waals surface area contributed by atoms with Crippen LogP contribution in [0.4, 0.5) is 34.1 Å². The van der Waals surface area contributed by atoms with Crippen molar-refractivity contribution in [2.24, 2.45) is 0 Å². The number of benzene rings is 13. The summed E-state index contributed by atoms with van der Waals surface area (Å²) in [5, 5.41) is 0. The van der Waals surface area contributed by atoms with Gasteiger partial charge < -0.3 is 9.80 Å². The number of para-hydroxylation sites is 2. The number of anilines is 6. The smallest absolute Gasteiger partial charge is 0.0731 e. The van der Waals surface area contributed by atoms with Gasteiger partial charge in [-0.3, -0.25) is 0 Å². The predicted octanol–water partition coefficient (Wildman–Crippen LogP) is 21.3. The van der Waals surface area contributed by atoms with Gasteiger partial charge in [-0.1, -0.05) is 249 Å². The van der Waals surface area contributed by atoms with E-state index in [4.69, 9.17) is 0 Å². The first-order chi connectivity index (χ1) is 40.2. The van der Waals surface area contributed by atoms with E-state index in [1.54, 1.807) is 0 Å². The lowest BCUT2D eigenvalue weighted by molar-refractivity contribution is 0.796. The molecule has 0 heterocycles. The largest absolute Gasteiger partial charge is 0.311 e. The molecule has 2 aliphatic rings. The van der Waals surface area contributed by atoms with Crippen molar-refractivity contribution in [2.75, 3.05) is 9.80 Å². The van der Waals surface area contributed by atoms with Gasteiger partial charge in [-0.15, -0.1) is 0 Å². The highest BCUT2D eigenvalue weighted by Gasteiger charge is 2.53. The third kappa shape index (κ3) is 8.11. The zero-order chi connectivity index (χ0) is 53.7. The molecule has 0 saturated carbocycles. The first-order valence-electron chi connectivity index (χ1n) is 28.0. The summed E-state index contributed by atoms with van der Waals surface area (Å²) in [5.41, 5.74) is 28.4. The van der Waals surface area contributed by atoms with Crippen LogP contribution in [0.2, 0.25) is 0 Å². The summed E-state index contributed by atoms with van der Waals surface area (Å²) in [4.78, 5) is 4.70. The van der Waals surface area contributed by atoms with Gasteiger partial charge in [0, 0.05) is 34.1 Å². The molecule has 2 aliphatic carbocycles. The lowest BCUT2D eigenvalue weighted by atomic mass is 9.68. The van der Waals surface area contributed by atoms with Gasteiger partial charge in [0.15, 0.2) is 0 Å². The van der Waals surface area contributed by atoms with Crippen molar-refractivity contribution >= 4 is 34.1 Å². The molecule has 15 rings (SSSR count). The Bertz CT molecular complexity index is 4390. The first-order valence-corrected chi connectivity index (χ1v) is 28.0. The van der Waals surface area contributed by atoms with Crippen molar-refractivity contribution in [3.63, 3.8) is 0 Å². The number of hydrogen-bond donors (Lipinski definition) is 0. The minimum Gasteiger partial charge on any atom is -0.311 e. The van der Waals surface area contributed by atoms with Crippen LogP contribution < -0.4 is 9.80 Å². The molecule has 1 atom stereocenters. The minimum atomic E-state index is -0.610. The minimum absolute atomic E-state index is 0.610. The molecule has 81 heavy (non-hydrogen) atoms. The quantitative estimate of drug-likeness (QED) is 0.127. The topological polar surface area (TPSA) is 6.48 Å². The normalized spacial score (nSPS) is 13.5. The molecule has 13 aromatic rings. The summed E-state index contributed by atoms with van der Waals surface area (Å²) < 4.78 is 0. The average Bonchev–Trinajstić information content (AvgIpc) is 3.69. The number of hydrogen-bond acceptors (Lipinski definition) is 2. The van der Waals surface area contributed by atoms with Crippen LogP contribution in [0.15, 0.2) is 328 Å². The summed E-state index contributed by atoms with van der Waals surface area (Å²) in [6.45, 7) is 0. The predicted molar refractivity (Wildman–Crippen MR) is 339 cm³/mol. The molecule has 13 aromatic carbocycles. The molecule has 0 aromatic heterocycles. The standard InChI is InChI=1S/C79H54N2/c1-6-20-55(21-7-1)57-36-45-65(46-37-57)80(63-26-12-4-13-27-63)67-49-40-59(41-50-67)62-44-53-73-76(54-62)79(74-34-17-16-30-71(74)72-33-18-32-70(78(72)79)60-24-10-3-11-25-60)75-35-19-31-69(77(73)75)61-42-51-68(52-43-61)81(64-28-14-5-15-29-64)66-47-38-58(39-48-66)56-22-8-2-9-23-56/h1-54H. The van der Waals surface area contributed by atoms with Gasteiger partial charge in [0.2, 0.25) is 0 Å². The molecule has 1 spiro atoms. The Labute approximate surface area is 474 Å². The molecule has 0 amide bonds. The Morgan fingerprint density at radius 2 is 0.519 bits per heavy atom. The molecule has 2 heteroatoms. The van der Waals surface area contributed by atoms with E-state index in [9.17, 15) is 0 Å². The summed E-state index contributed by atoms with van der Waals surface area (Å²) in [7, 11) is 0. The van der Waals surface area contributed by atoms with Crippen LogP contribution in [-0.4, -0.2) is 0 Å². The van der Waals surface area contributed by atoms with Crippen LogP contribution in [0.5, 0.6) is 0 Å². The van der Waals surface area contributed by atoms with Gasteiger partial charge in [0.05, 0.1) is 5.41 Å². The van der Waals surface area contributed by atoms with Crippen molar-refractivity contribution in [1.82, 2.24) is 0 Å². The monoisotopic (exact) mass is 1030 g/mol. The van der Waals surface area contributed by atoms with E-state index in [1.165, 1.54) is 94.6 Å². The highest BCUT2D eigenvalue weighted by Crippen LogP contribution is 2.66. The molecule has 0 fully saturated rings. The SMILES string of the molecule is c1ccc(-c2ccc(N(c3ccccc3)c3ccc(-c4ccc5c(c4)C4(c6ccccc6-c6cccc(-c7ccccc7)c64)c4cccc(-c6ccc(N(c7ccccc7)c7ccc(-c8ccccc8)cc7)cc6)c4-5)cc3)cc2)cc1. The van der Waals surface area contributed by atoms with Gasteiger partial charge in [0.1, 0.15) is 0 Å². The zero-order valence-electron chi connectivity index (χ0n) is 44.6. The Kier molecular flexibility index (Phi) is 11.8. The summed E-state index contributed by atoms with van der Waals surface area (Å²) in [5.74, 6) is 0. The second kappa shape index (κ2) is 20.0. The third-order valence-electron chi connectivity index (χ3n) is 16.7. The van der Waals surface area contributed by atoms with Crippen molar-refractivity contribution in [2.45, 2.75) is 5.41 Å². The van der Waals surface area contributed by atoms with Crippen LogP contribution in [0, 0.1) is 0 Å². The fraction of sp³-hybridized carbons (Fsp3) is 0.0127. The average molecular weight is 1030 g/mol. The van der Waals surface area contributed by atoms with E-state index in [0.717, 1.165) is 39.7 Å². The Balaban J connectivity index is 0.874. The highest BCUT2D eigenvalue weighted by atomic mass is 15.1. The molecule has 0 radical (unpaired) electrons. The lowest BCUT2D eigenvalue weighted by Gasteiger charge is -2.32. The first kappa shape index (κ1) is 47.7. The molecular weight excluding hydrogens is 977 g/mol. The number of rotatable bonds is 11. The number of nitrogens with zero attached hydrogens (tertiary/aromatic N) is 2.